The van der Waals surface area contributed by atoms with E-state index in [-0.39, 0.29) is 17.7 Å². The van der Waals surface area contributed by atoms with Crippen molar-refractivity contribution in [2.75, 3.05) is 18.5 Å². The molecular formula is C15H19F3N2O2. The molecule has 1 atom stereocenters. The summed E-state index contributed by atoms with van der Waals surface area (Å²) in [6, 6.07) is 5.12. The zero-order valence-corrected chi connectivity index (χ0v) is 12.3. The first-order chi connectivity index (χ1) is 10.3. The standard InChI is InChI=1S/C15H19F3N2O2/c1-10-2-4-12(13(8-10)22-9-15(16,17)18)20-11-3-5-14(21)19-7-6-11/h2,4,8,11,20H,3,5-7,9H2,1H3,(H,19,21). The minimum Gasteiger partial charge on any atom is -0.482 e. The van der Waals surface area contributed by atoms with Crippen LogP contribution in [0, 0.1) is 6.92 Å². The van der Waals surface area contributed by atoms with Gasteiger partial charge in [0.05, 0.1) is 5.69 Å². The molecule has 2 rings (SSSR count). The van der Waals surface area contributed by atoms with Crippen molar-refractivity contribution in [3.63, 3.8) is 0 Å². The summed E-state index contributed by atoms with van der Waals surface area (Å²) in [4.78, 5) is 11.3. The lowest BCUT2D eigenvalue weighted by atomic mass is 10.1. The molecule has 1 saturated heterocycles. The van der Waals surface area contributed by atoms with Gasteiger partial charge < -0.3 is 15.4 Å². The van der Waals surface area contributed by atoms with Crippen LogP contribution in [0.25, 0.3) is 0 Å². The number of alkyl halides is 3. The molecule has 1 fully saturated rings. The quantitative estimate of drug-likeness (QED) is 0.898. The zero-order valence-electron chi connectivity index (χ0n) is 12.3. The molecule has 122 valence electrons. The van der Waals surface area contributed by atoms with Crippen molar-refractivity contribution < 1.29 is 22.7 Å². The maximum absolute atomic E-state index is 12.3. The highest BCUT2D eigenvalue weighted by Crippen LogP contribution is 2.29. The Kier molecular flexibility index (Phi) is 5.15. The monoisotopic (exact) mass is 316 g/mol. The average molecular weight is 316 g/mol. The number of carbonyl (C=O) groups is 1. The number of halogens is 3. The molecule has 1 aliphatic rings. The molecular weight excluding hydrogens is 297 g/mol. The summed E-state index contributed by atoms with van der Waals surface area (Å²) in [6.45, 7) is 1.02. The number of nitrogens with one attached hydrogen (secondary N) is 2. The highest BCUT2D eigenvalue weighted by Gasteiger charge is 2.29. The van der Waals surface area contributed by atoms with Crippen molar-refractivity contribution in [2.45, 2.75) is 38.4 Å². The van der Waals surface area contributed by atoms with E-state index in [1.54, 1.807) is 19.1 Å². The number of ether oxygens (including phenoxy) is 1. The number of carbonyl (C=O) groups excluding carboxylic acids is 1. The van der Waals surface area contributed by atoms with Crippen LogP contribution in [0.2, 0.25) is 0 Å². The lowest BCUT2D eigenvalue weighted by Crippen LogP contribution is -2.24. The molecule has 7 heteroatoms. The Bertz CT molecular complexity index is 532. The highest BCUT2D eigenvalue weighted by atomic mass is 19.4. The summed E-state index contributed by atoms with van der Waals surface area (Å²) in [5.41, 5.74) is 1.34. The number of rotatable bonds is 4. The van der Waals surface area contributed by atoms with Gasteiger partial charge in [0, 0.05) is 19.0 Å². The van der Waals surface area contributed by atoms with Crippen LogP contribution in [0.1, 0.15) is 24.8 Å². The van der Waals surface area contributed by atoms with Gasteiger partial charge in [-0.15, -0.1) is 0 Å². The SMILES string of the molecule is Cc1ccc(NC2CCNC(=O)CC2)c(OCC(F)(F)F)c1. The van der Waals surface area contributed by atoms with Gasteiger partial charge in [-0.1, -0.05) is 6.07 Å². The third-order valence-electron chi connectivity index (χ3n) is 3.42. The molecule has 1 heterocycles. The third-order valence-corrected chi connectivity index (χ3v) is 3.42. The first-order valence-electron chi connectivity index (χ1n) is 7.17. The van der Waals surface area contributed by atoms with Gasteiger partial charge in [-0.3, -0.25) is 4.79 Å². The van der Waals surface area contributed by atoms with E-state index in [9.17, 15) is 18.0 Å². The molecule has 0 spiro atoms. The Balaban J connectivity index is 2.07. The number of hydrogen-bond donors (Lipinski definition) is 2. The van der Waals surface area contributed by atoms with Gasteiger partial charge in [-0.2, -0.15) is 13.2 Å². The van der Waals surface area contributed by atoms with Crippen LogP contribution in [0.5, 0.6) is 5.75 Å². The van der Waals surface area contributed by atoms with E-state index in [0.29, 0.717) is 25.1 Å². The van der Waals surface area contributed by atoms with Crippen molar-refractivity contribution in [2.24, 2.45) is 0 Å². The maximum Gasteiger partial charge on any atom is 0.422 e. The summed E-state index contributed by atoms with van der Waals surface area (Å²) in [7, 11) is 0. The van der Waals surface area contributed by atoms with E-state index < -0.39 is 12.8 Å². The molecule has 1 amide bonds. The van der Waals surface area contributed by atoms with Gasteiger partial charge >= 0.3 is 6.18 Å². The van der Waals surface area contributed by atoms with E-state index in [2.05, 4.69) is 10.6 Å². The van der Waals surface area contributed by atoms with Gasteiger partial charge in [-0.05, 0) is 37.5 Å². The minimum absolute atomic E-state index is 0.00162. The smallest absolute Gasteiger partial charge is 0.422 e. The van der Waals surface area contributed by atoms with Crippen LogP contribution < -0.4 is 15.4 Å². The molecule has 0 aliphatic carbocycles. The van der Waals surface area contributed by atoms with Gasteiger partial charge in [-0.25, -0.2) is 0 Å². The molecule has 0 bridgehead atoms. The van der Waals surface area contributed by atoms with Crippen molar-refractivity contribution in [3.8, 4) is 5.75 Å². The lowest BCUT2D eigenvalue weighted by molar-refractivity contribution is -0.153. The minimum atomic E-state index is -4.38. The first kappa shape index (κ1) is 16.5. The molecule has 1 unspecified atom stereocenters. The van der Waals surface area contributed by atoms with E-state index in [0.717, 1.165) is 12.0 Å². The molecule has 0 radical (unpaired) electrons. The van der Waals surface area contributed by atoms with Crippen molar-refractivity contribution in [3.05, 3.63) is 23.8 Å². The largest absolute Gasteiger partial charge is 0.482 e. The van der Waals surface area contributed by atoms with Crippen LogP contribution in [-0.2, 0) is 4.79 Å². The summed E-state index contributed by atoms with van der Waals surface area (Å²) in [5, 5.41) is 5.96. The van der Waals surface area contributed by atoms with Crippen molar-refractivity contribution >= 4 is 11.6 Å². The number of amides is 1. The topological polar surface area (TPSA) is 50.4 Å². The second kappa shape index (κ2) is 6.89. The fraction of sp³-hybridized carbons (Fsp3) is 0.533. The Labute approximate surface area is 127 Å². The predicted molar refractivity (Wildman–Crippen MR) is 77.0 cm³/mol. The molecule has 1 aliphatic heterocycles. The summed E-state index contributed by atoms with van der Waals surface area (Å²) >= 11 is 0. The van der Waals surface area contributed by atoms with Crippen LogP contribution >= 0.6 is 0 Å². The molecule has 1 aromatic carbocycles. The lowest BCUT2D eigenvalue weighted by Gasteiger charge is -2.20. The number of aryl methyl sites for hydroxylation is 1. The Hall–Kier alpha value is -1.92. The molecule has 2 N–H and O–H groups in total. The fourth-order valence-corrected chi connectivity index (χ4v) is 2.32. The zero-order chi connectivity index (χ0) is 16.2. The Morgan fingerprint density at radius 3 is 2.86 bits per heavy atom. The Morgan fingerprint density at radius 2 is 2.14 bits per heavy atom. The predicted octanol–water partition coefficient (Wildman–Crippen LogP) is 3.02. The second-order valence-electron chi connectivity index (χ2n) is 5.42. The summed E-state index contributed by atoms with van der Waals surface area (Å²) in [6.07, 6.45) is -2.61. The normalized spacial score (nSPS) is 19.3. The van der Waals surface area contributed by atoms with Crippen LogP contribution in [-0.4, -0.2) is 31.3 Å². The van der Waals surface area contributed by atoms with Gasteiger partial charge in [0.15, 0.2) is 6.61 Å². The van der Waals surface area contributed by atoms with Crippen molar-refractivity contribution in [1.82, 2.24) is 5.32 Å². The van der Waals surface area contributed by atoms with Crippen LogP contribution in [0.4, 0.5) is 18.9 Å². The molecule has 0 aromatic heterocycles. The molecule has 22 heavy (non-hydrogen) atoms. The molecule has 1 aromatic rings. The van der Waals surface area contributed by atoms with E-state index in [4.69, 9.17) is 4.74 Å². The Morgan fingerprint density at radius 1 is 1.36 bits per heavy atom. The third kappa shape index (κ3) is 5.13. The fourth-order valence-electron chi connectivity index (χ4n) is 2.32. The van der Waals surface area contributed by atoms with Crippen LogP contribution in [0.15, 0.2) is 18.2 Å². The maximum atomic E-state index is 12.3. The van der Waals surface area contributed by atoms with Gasteiger partial charge in [0.25, 0.3) is 0 Å². The van der Waals surface area contributed by atoms with E-state index >= 15 is 0 Å². The number of anilines is 1. The molecule has 0 saturated carbocycles. The van der Waals surface area contributed by atoms with Crippen LogP contribution in [0.3, 0.4) is 0 Å². The first-order valence-corrected chi connectivity index (χ1v) is 7.17. The van der Waals surface area contributed by atoms with E-state index in [1.165, 1.54) is 0 Å². The highest BCUT2D eigenvalue weighted by molar-refractivity contribution is 5.76. The summed E-state index contributed by atoms with van der Waals surface area (Å²) < 4.78 is 41.9. The number of hydrogen-bond acceptors (Lipinski definition) is 3. The van der Waals surface area contributed by atoms with Crippen molar-refractivity contribution in [1.29, 1.82) is 0 Å². The second-order valence-corrected chi connectivity index (χ2v) is 5.42. The van der Waals surface area contributed by atoms with Gasteiger partial charge in [0.1, 0.15) is 5.75 Å². The van der Waals surface area contributed by atoms with E-state index in [1.807, 2.05) is 6.07 Å². The molecule has 4 nitrogen and oxygen atoms in total. The number of benzene rings is 1. The average Bonchev–Trinajstić information content (AvgIpc) is 2.63. The van der Waals surface area contributed by atoms with Gasteiger partial charge in [0.2, 0.25) is 5.91 Å². The summed E-state index contributed by atoms with van der Waals surface area (Å²) in [5.74, 6) is 0.183.